The van der Waals surface area contributed by atoms with Gasteiger partial charge >= 0.3 is 6.03 Å². The van der Waals surface area contributed by atoms with E-state index in [2.05, 4.69) is 20.5 Å². The molecule has 2 aromatic heterocycles. The van der Waals surface area contributed by atoms with Gasteiger partial charge in [-0.05, 0) is 49.2 Å². The first-order valence-corrected chi connectivity index (χ1v) is 10.2. The van der Waals surface area contributed by atoms with Crippen molar-refractivity contribution in [2.24, 2.45) is 0 Å². The number of hydrogen-bond acceptors (Lipinski definition) is 6. The lowest BCUT2D eigenvalue weighted by Gasteiger charge is -2.31. The van der Waals surface area contributed by atoms with Gasteiger partial charge in [0.1, 0.15) is 11.6 Å². The molecule has 1 aromatic carbocycles. The number of methoxy groups -OCH3 is 1. The summed E-state index contributed by atoms with van der Waals surface area (Å²) in [6.45, 7) is 1.53. The maximum absolute atomic E-state index is 12.4. The first-order chi connectivity index (χ1) is 15.1. The Morgan fingerprint density at radius 2 is 1.94 bits per heavy atom. The van der Waals surface area contributed by atoms with Gasteiger partial charge in [-0.25, -0.2) is 19.9 Å². The van der Waals surface area contributed by atoms with Gasteiger partial charge in [0.2, 0.25) is 0 Å². The van der Waals surface area contributed by atoms with Crippen molar-refractivity contribution in [1.82, 2.24) is 30.4 Å². The zero-order valence-electron chi connectivity index (χ0n) is 17.2. The van der Waals surface area contributed by atoms with E-state index in [9.17, 15) is 9.59 Å². The number of amides is 2. The van der Waals surface area contributed by atoms with Gasteiger partial charge in [0.05, 0.1) is 25.0 Å². The molecule has 0 spiro atoms. The second kappa shape index (κ2) is 9.38. The normalized spacial score (nSPS) is 14.3. The number of piperidine rings is 1. The molecule has 31 heavy (non-hydrogen) atoms. The van der Waals surface area contributed by atoms with Crippen LogP contribution in [0.4, 0.5) is 4.79 Å². The summed E-state index contributed by atoms with van der Waals surface area (Å²) in [7, 11) is 1.64. The number of urea groups is 1. The van der Waals surface area contributed by atoms with Crippen LogP contribution in [0.1, 0.15) is 30.3 Å². The van der Waals surface area contributed by atoms with Gasteiger partial charge in [0.25, 0.3) is 5.56 Å². The Bertz CT molecular complexity index is 1070. The average molecular weight is 420 g/mol. The van der Waals surface area contributed by atoms with Gasteiger partial charge in [-0.1, -0.05) is 0 Å². The molecule has 0 radical (unpaired) electrons. The number of carbonyl (C=O) groups excluding carboxylic acids is 1. The monoisotopic (exact) mass is 420 g/mol. The van der Waals surface area contributed by atoms with Crippen molar-refractivity contribution in [3.63, 3.8) is 0 Å². The van der Waals surface area contributed by atoms with Crippen LogP contribution in [-0.2, 0) is 6.54 Å². The Balaban J connectivity index is 1.33. The maximum Gasteiger partial charge on any atom is 0.317 e. The van der Waals surface area contributed by atoms with Crippen LogP contribution in [0.25, 0.3) is 11.3 Å². The summed E-state index contributed by atoms with van der Waals surface area (Å²) in [5.41, 5.74) is 2.22. The summed E-state index contributed by atoms with van der Waals surface area (Å²) in [5.74, 6) is 1.83. The SMILES string of the molecule is COc1ccc(-c2ccnc(C3CCN(C(=O)NCc4ccc(=O)[nH]n4)CC3)n2)cc1. The van der Waals surface area contributed by atoms with Crippen molar-refractivity contribution in [3.05, 3.63) is 70.5 Å². The lowest BCUT2D eigenvalue weighted by Crippen LogP contribution is -2.44. The molecular weight excluding hydrogens is 396 g/mol. The van der Waals surface area contributed by atoms with Crippen molar-refractivity contribution in [2.45, 2.75) is 25.3 Å². The highest BCUT2D eigenvalue weighted by atomic mass is 16.5. The summed E-state index contributed by atoms with van der Waals surface area (Å²) >= 11 is 0. The molecule has 2 N–H and O–H groups in total. The molecule has 9 heteroatoms. The molecule has 1 aliphatic heterocycles. The second-order valence-corrected chi connectivity index (χ2v) is 7.36. The molecule has 3 heterocycles. The summed E-state index contributed by atoms with van der Waals surface area (Å²) in [4.78, 5) is 34.5. The summed E-state index contributed by atoms with van der Waals surface area (Å²) in [6.07, 6.45) is 3.39. The Hall–Kier alpha value is -3.75. The first kappa shape index (κ1) is 20.5. The largest absolute Gasteiger partial charge is 0.497 e. The molecule has 0 aliphatic carbocycles. The number of aromatic amines is 1. The molecular formula is C22H24N6O3. The van der Waals surface area contributed by atoms with Crippen molar-refractivity contribution in [2.75, 3.05) is 20.2 Å². The minimum atomic E-state index is -0.268. The third-order valence-corrected chi connectivity index (χ3v) is 5.36. The predicted molar refractivity (Wildman–Crippen MR) is 115 cm³/mol. The lowest BCUT2D eigenvalue weighted by atomic mass is 9.96. The summed E-state index contributed by atoms with van der Waals surface area (Å²) < 4.78 is 5.21. The fourth-order valence-corrected chi connectivity index (χ4v) is 3.58. The molecule has 2 amide bonds. The van der Waals surface area contributed by atoms with E-state index in [0.717, 1.165) is 35.7 Å². The zero-order valence-corrected chi connectivity index (χ0v) is 17.2. The molecule has 160 valence electrons. The Kier molecular flexibility index (Phi) is 6.21. The van der Waals surface area contributed by atoms with Crippen LogP contribution in [0.5, 0.6) is 5.75 Å². The van der Waals surface area contributed by atoms with E-state index in [1.165, 1.54) is 6.07 Å². The number of hydrogen-bond donors (Lipinski definition) is 2. The number of H-pyrrole nitrogens is 1. The molecule has 1 fully saturated rings. The van der Waals surface area contributed by atoms with Gasteiger partial charge in [0, 0.05) is 36.8 Å². The average Bonchev–Trinajstić information content (AvgIpc) is 2.84. The highest BCUT2D eigenvalue weighted by Crippen LogP contribution is 2.27. The summed E-state index contributed by atoms with van der Waals surface area (Å²) in [5, 5.41) is 9.10. The molecule has 9 nitrogen and oxygen atoms in total. The van der Waals surface area contributed by atoms with E-state index in [1.807, 2.05) is 30.3 Å². The van der Waals surface area contributed by atoms with E-state index in [1.54, 1.807) is 24.3 Å². The van der Waals surface area contributed by atoms with Crippen LogP contribution in [0.2, 0.25) is 0 Å². The Morgan fingerprint density at radius 1 is 1.16 bits per heavy atom. The van der Waals surface area contributed by atoms with Gasteiger partial charge in [-0.15, -0.1) is 0 Å². The highest BCUT2D eigenvalue weighted by molar-refractivity contribution is 5.74. The number of nitrogens with one attached hydrogen (secondary N) is 2. The van der Waals surface area contributed by atoms with Crippen LogP contribution >= 0.6 is 0 Å². The third-order valence-electron chi connectivity index (χ3n) is 5.36. The number of nitrogens with zero attached hydrogens (tertiary/aromatic N) is 4. The first-order valence-electron chi connectivity index (χ1n) is 10.2. The number of ether oxygens (including phenoxy) is 1. The molecule has 1 saturated heterocycles. The van der Waals surface area contributed by atoms with Gasteiger partial charge in [0.15, 0.2) is 0 Å². The highest BCUT2D eigenvalue weighted by Gasteiger charge is 2.25. The van der Waals surface area contributed by atoms with Gasteiger partial charge < -0.3 is 15.0 Å². The van der Waals surface area contributed by atoms with Crippen molar-refractivity contribution < 1.29 is 9.53 Å². The van der Waals surface area contributed by atoms with E-state index < -0.39 is 0 Å². The predicted octanol–water partition coefficient (Wildman–Crippen LogP) is 2.32. The van der Waals surface area contributed by atoms with Crippen LogP contribution in [0.15, 0.2) is 53.5 Å². The van der Waals surface area contributed by atoms with Crippen molar-refractivity contribution in [3.8, 4) is 17.0 Å². The minimum absolute atomic E-state index is 0.139. The number of rotatable bonds is 5. The van der Waals surface area contributed by atoms with Crippen LogP contribution in [0, 0.1) is 0 Å². The molecule has 0 unspecified atom stereocenters. The lowest BCUT2D eigenvalue weighted by molar-refractivity contribution is 0.180. The smallest absolute Gasteiger partial charge is 0.317 e. The molecule has 0 atom stereocenters. The van der Waals surface area contributed by atoms with Gasteiger partial charge in [-0.3, -0.25) is 4.79 Å². The molecule has 4 rings (SSSR count). The van der Waals surface area contributed by atoms with Gasteiger partial charge in [-0.2, -0.15) is 5.10 Å². The summed E-state index contributed by atoms with van der Waals surface area (Å²) in [6, 6.07) is 12.5. The zero-order chi connectivity index (χ0) is 21.6. The molecule has 0 bridgehead atoms. The Morgan fingerprint density at radius 3 is 2.61 bits per heavy atom. The number of benzene rings is 1. The quantitative estimate of drug-likeness (QED) is 0.655. The minimum Gasteiger partial charge on any atom is -0.497 e. The van der Waals surface area contributed by atoms with E-state index in [0.29, 0.717) is 18.8 Å². The van der Waals surface area contributed by atoms with Crippen LogP contribution in [-0.4, -0.2) is 51.3 Å². The third kappa shape index (κ3) is 5.06. The van der Waals surface area contributed by atoms with Crippen molar-refractivity contribution >= 4 is 6.03 Å². The van der Waals surface area contributed by atoms with Crippen LogP contribution in [0.3, 0.4) is 0 Å². The molecule has 0 saturated carbocycles. The van der Waals surface area contributed by atoms with Crippen LogP contribution < -0.4 is 15.6 Å². The second-order valence-electron chi connectivity index (χ2n) is 7.36. The molecule has 1 aliphatic rings. The number of aromatic nitrogens is 4. The Labute approximate surface area is 179 Å². The van der Waals surface area contributed by atoms with Crippen molar-refractivity contribution in [1.29, 1.82) is 0 Å². The fourth-order valence-electron chi connectivity index (χ4n) is 3.58. The van der Waals surface area contributed by atoms with E-state index in [-0.39, 0.29) is 24.1 Å². The van der Waals surface area contributed by atoms with E-state index in [4.69, 9.17) is 9.72 Å². The molecule has 3 aromatic rings. The van der Waals surface area contributed by atoms with E-state index >= 15 is 0 Å². The number of likely N-dealkylation sites (tertiary alicyclic amines) is 1. The standard InChI is InChI=1S/C22H24N6O3/c1-31-18-5-2-15(3-6-18)19-8-11-23-21(25-19)16-9-12-28(13-10-16)22(30)24-14-17-4-7-20(29)27-26-17/h2-8,11,16H,9-10,12-14H2,1H3,(H,24,30)(H,27,29). The number of carbonyl (C=O) groups is 1. The maximum atomic E-state index is 12.4. The fraction of sp³-hybridized carbons (Fsp3) is 0.318. The topological polar surface area (TPSA) is 113 Å².